The summed E-state index contributed by atoms with van der Waals surface area (Å²) in [5.74, 6) is -0.226. The molecule has 3 heteroatoms. The van der Waals surface area contributed by atoms with Crippen molar-refractivity contribution in [1.29, 1.82) is 0 Å². The molecule has 0 N–H and O–H groups in total. The van der Waals surface area contributed by atoms with E-state index in [9.17, 15) is 9.18 Å². The Bertz CT molecular complexity index is 549. The Kier molecular flexibility index (Phi) is 4.15. The van der Waals surface area contributed by atoms with E-state index in [0.29, 0.717) is 18.4 Å². The Hall–Kier alpha value is -1.61. The Morgan fingerprint density at radius 3 is 2.33 bits per heavy atom. The van der Waals surface area contributed by atoms with Crippen molar-refractivity contribution in [2.45, 2.75) is 12.8 Å². The first kappa shape index (κ1) is 12.8. The third-order valence-corrected chi connectivity index (χ3v) is 2.99. The number of carbonyl (C=O) groups excluding carboxylic acids is 1. The zero-order valence-electron chi connectivity index (χ0n) is 9.77. The summed E-state index contributed by atoms with van der Waals surface area (Å²) in [6.07, 6.45) is 1.09. The van der Waals surface area contributed by atoms with Crippen LogP contribution in [0, 0.1) is 5.82 Å². The number of benzene rings is 2. The molecule has 92 valence electrons. The Labute approximate surface area is 111 Å². The molecule has 0 radical (unpaired) electrons. The van der Waals surface area contributed by atoms with Gasteiger partial charge in [0.2, 0.25) is 0 Å². The second-order valence-electron chi connectivity index (χ2n) is 4.07. The van der Waals surface area contributed by atoms with Gasteiger partial charge in [0, 0.05) is 12.0 Å². The minimum absolute atomic E-state index is 0.117. The largest absolute Gasteiger partial charge is 0.287 e. The standard InChI is InChI=1S/C15H13FOS/c16-14-4-2-1-3-13(14)12-8-5-11(6-9-12)7-10-15(17)18/h1-6,8-9H,7,10H2,(H,17,18). The summed E-state index contributed by atoms with van der Waals surface area (Å²) in [6.45, 7) is 0. The van der Waals surface area contributed by atoms with E-state index in [2.05, 4.69) is 12.6 Å². The third kappa shape index (κ3) is 3.20. The molecule has 0 bridgehead atoms. The molecule has 1 nitrogen and oxygen atoms in total. The quantitative estimate of drug-likeness (QED) is 0.825. The van der Waals surface area contributed by atoms with E-state index < -0.39 is 0 Å². The highest BCUT2D eigenvalue weighted by atomic mass is 32.1. The van der Waals surface area contributed by atoms with E-state index in [4.69, 9.17) is 0 Å². The van der Waals surface area contributed by atoms with Crippen LogP contribution in [-0.4, -0.2) is 5.12 Å². The molecular weight excluding hydrogens is 247 g/mol. The Morgan fingerprint density at radius 2 is 1.72 bits per heavy atom. The molecule has 0 amide bonds. The van der Waals surface area contributed by atoms with Gasteiger partial charge in [-0.05, 0) is 23.6 Å². The van der Waals surface area contributed by atoms with Gasteiger partial charge >= 0.3 is 0 Å². The summed E-state index contributed by atoms with van der Waals surface area (Å²) < 4.78 is 13.6. The summed E-state index contributed by atoms with van der Waals surface area (Å²) in [7, 11) is 0. The summed E-state index contributed by atoms with van der Waals surface area (Å²) >= 11 is 3.73. The predicted molar refractivity (Wildman–Crippen MR) is 74.2 cm³/mol. The topological polar surface area (TPSA) is 17.1 Å². The molecule has 0 fully saturated rings. The molecule has 0 saturated carbocycles. The number of aryl methyl sites for hydroxylation is 1. The van der Waals surface area contributed by atoms with E-state index >= 15 is 0 Å². The fourth-order valence-corrected chi connectivity index (χ4v) is 1.91. The van der Waals surface area contributed by atoms with Crippen molar-refractivity contribution in [3.8, 4) is 11.1 Å². The van der Waals surface area contributed by atoms with Crippen LogP contribution < -0.4 is 0 Å². The molecule has 0 unspecified atom stereocenters. The van der Waals surface area contributed by atoms with E-state index in [1.807, 2.05) is 30.3 Å². The second-order valence-corrected chi connectivity index (χ2v) is 4.57. The molecule has 0 atom stereocenters. The molecule has 2 aromatic carbocycles. The van der Waals surface area contributed by atoms with Gasteiger partial charge in [-0.1, -0.05) is 42.5 Å². The van der Waals surface area contributed by atoms with E-state index in [1.165, 1.54) is 6.07 Å². The number of hydrogen-bond donors (Lipinski definition) is 1. The molecule has 0 heterocycles. The number of hydrogen-bond acceptors (Lipinski definition) is 1. The zero-order valence-corrected chi connectivity index (χ0v) is 10.7. The monoisotopic (exact) mass is 260 g/mol. The first-order valence-electron chi connectivity index (χ1n) is 5.72. The van der Waals surface area contributed by atoms with Crippen molar-refractivity contribution < 1.29 is 9.18 Å². The van der Waals surface area contributed by atoms with Crippen LogP contribution >= 0.6 is 12.6 Å². The normalized spacial score (nSPS) is 10.3. The summed E-state index contributed by atoms with van der Waals surface area (Å²) in [5, 5.41) is -0.117. The average molecular weight is 260 g/mol. The molecule has 0 aliphatic rings. The highest BCUT2D eigenvalue weighted by molar-refractivity contribution is 7.96. The van der Waals surface area contributed by atoms with Crippen molar-refractivity contribution in [1.82, 2.24) is 0 Å². The van der Waals surface area contributed by atoms with Crippen LogP contribution in [0.4, 0.5) is 4.39 Å². The van der Waals surface area contributed by atoms with Gasteiger partial charge in [-0.2, -0.15) is 0 Å². The van der Waals surface area contributed by atoms with Crippen LogP contribution in [0.1, 0.15) is 12.0 Å². The van der Waals surface area contributed by atoms with Crippen molar-refractivity contribution in [2.75, 3.05) is 0 Å². The van der Waals surface area contributed by atoms with E-state index in [0.717, 1.165) is 11.1 Å². The highest BCUT2D eigenvalue weighted by Crippen LogP contribution is 2.23. The lowest BCUT2D eigenvalue weighted by Gasteiger charge is -2.05. The molecule has 0 aliphatic carbocycles. The number of carbonyl (C=O) groups is 1. The van der Waals surface area contributed by atoms with Gasteiger partial charge in [0.15, 0.2) is 5.12 Å². The van der Waals surface area contributed by atoms with Crippen molar-refractivity contribution >= 4 is 17.7 Å². The summed E-state index contributed by atoms with van der Waals surface area (Å²) in [4.78, 5) is 10.8. The van der Waals surface area contributed by atoms with Crippen LogP contribution in [0.2, 0.25) is 0 Å². The molecule has 0 aliphatic heterocycles. The fourth-order valence-electron chi connectivity index (χ4n) is 1.80. The predicted octanol–water partition coefficient (Wildman–Crippen LogP) is 3.88. The second kappa shape index (κ2) is 5.83. The maximum Gasteiger partial charge on any atom is 0.186 e. The van der Waals surface area contributed by atoms with Crippen molar-refractivity contribution in [3.63, 3.8) is 0 Å². The van der Waals surface area contributed by atoms with Gasteiger partial charge in [-0.15, -0.1) is 12.6 Å². The average Bonchev–Trinajstić information content (AvgIpc) is 2.38. The fraction of sp³-hybridized carbons (Fsp3) is 0.133. The first-order valence-corrected chi connectivity index (χ1v) is 6.17. The van der Waals surface area contributed by atoms with Gasteiger partial charge in [0.25, 0.3) is 0 Å². The minimum Gasteiger partial charge on any atom is -0.287 e. The van der Waals surface area contributed by atoms with Gasteiger partial charge in [-0.25, -0.2) is 4.39 Å². The molecule has 0 spiro atoms. The van der Waals surface area contributed by atoms with Crippen LogP contribution in [0.15, 0.2) is 48.5 Å². The van der Waals surface area contributed by atoms with Crippen molar-refractivity contribution in [2.24, 2.45) is 0 Å². The number of rotatable bonds is 4. The van der Waals surface area contributed by atoms with Gasteiger partial charge in [0.1, 0.15) is 5.82 Å². The van der Waals surface area contributed by atoms with Crippen molar-refractivity contribution in [3.05, 3.63) is 59.9 Å². The van der Waals surface area contributed by atoms with E-state index in [1.54, 1.807) is 12.1 Å². The Balaban J connectivity index is 2.17. The SMILES string of the molecule is O=C(S)CCc1ccc(-c2ccccc2F)cc1. The van der Waals surface area contributed by atoms with Crippen LogP contribution in [0.25, 0.3) is 11.1 Å². The minimum atomic E-state index is -0.226. The maximum absolute atomic E-state index is 13.6. The van der Waals surface area contributed by atoms with E-state index in [-0.39, 0.29) is 10.9 Å². The van der Waals surface area contributed by atoms with Gasteiger partial charge in [-0.3, -0.25) is 4.79 Å². The first-order chi connectivity index (χ1) is 8.66. The van der Waals surface area contributed by atoms with Crippen LogP contribution in [-0.2, 0) is 11.2 Å². The molecule has 2 aromatic rings. The molecule has 2 rings (SSSR count). The maximum atomic E-state index is 13.6. The van der Waals surface area contributed by atoms with Crippen LogP contribution in [0.5, 0.6) is 0 Å². The third-order valence-electron chi connectivity index (χ3n) is 2.77. The highest BCUT2D eigenvalue weighted by Gasteiger charge is 2.04. The Morgan fingerprint density at radius 1 is 1.06 bits per heavy atom. The lowest BCUT2D eigenvalue weighted by Crippen LogP contribution is -1.92. The molecule has 18 heavy (non-hydrogen) atoms. The molecule has 0 saturated heterocycles. The summed E-state index contributed by atoms with van der Waals surface area (Å²) in [5.41, 5.74) is 2.49. The van der Waals surface area contributed by atoms with Crippen LogP contribution in [0.3, 0.4) is 0 Å². The number of halogens is 1. The smallest absolute Gasteiger partial charge is 0.186 e. The molecular formula is C15H13FOS. The molecule has 0 aromatic heterocycles. The lowest BCUT2D eigenvalue weighted by atomic mass is 10.0. The summed E-state index contributed by atoms with van der Waals surface area (Å²) in [6, 6.07) is 14.3. The number of thiol groups is 1. The van der Waals surface area contributed by atoms with Gasteiger partial charge < -0.3 is 0 Å². The van der Waals surface area contributed by atoms with Gasteiger partial charge in [0.05, 0.1) is 0 Å². The zero-order chi connectivity index (χ0) is 13.0. The lowest BCUT2D eigenvalue weighted by molar-refractivity contribution is -0.110.